The fourth-order valence-electron chi connectivity index (χ4n) is 4.27. The number of aliphatic hydroxyl groups excluding tert-OH is 3. The molecule has 7 nitrogen and oxygen atoms in total. The molecule has 28 heavy (non-hydrogen) atoms. The van der Waals surface area contributed by atoms with Crippen molar-refractivity contribution in [2.24, 2.45) is 11.1 Å². The predicted octanol–water partition coefficient (Wildman–Crippen LogP) is 1.94. The van der Waals surface area contributed by atoms with Gasteiger partial charge >= 0.3 is 0 Å². The summed E-state index contributed by atoms with van der Waals surface area (Å²) in [4.78, 5) is 10.9. The fraction of sp³-hybridized carbons (Fsp3) is 0.700. The molecule has 3 rings (SSSR count). The van der Waals surface area contributed by atoms with E-state index in [1.54, 1.807) is 0 Å². The summed E-state index contributed by atoms with van der Waals surface area (Å²) in [5.74, 6) is 0.675. The van der Waals surface area contributed by atoms with Gasteiger partial charge in [-0.2, -0.15) is 4.91 Å². The van der Waals surface area contributed by atoms with Gasteiger partial charge in [0.25, 0.3) is 0 Å². The molecule has 1 saturated carbocycles. The predicted molar refractivity (Wildman–Crippen MR) is 104 cm³/mol. The number of nitrogens with zero attached hydrogens (tertiary/aromatic N) is 1. The van der Waals surface area contributed by atoms with Crippen LogP contribution in [-0.4, -0.2) is 65.1 Å². The van der Waals surface area contributed by atoms with Crippen molar-refractivity contribution in [3.05, 3.63) is 40.3 Å². The normalized spacial score (nSPS) is 35.4. The summed E-state index contributed by atoms with van der Waals surface area (Å²) in [5, 5.41) is 32.3. The number of benzene rings is 1. The molecule has 3 N–H and O–H groups in total. The number of aliphatic hydroxyl groups is 3. The summed E-state index contributed by atoms with van der Waals surface area (Å²) >= 11 is 5.86. The van der Waals surface area contributed by atoms with E-state index in [1.165, 1.54) is 5.56 Å². The third kappa shape index (κ3) is 4.72. The highest BCUT2D eigenvalue weighted by atomic mass is 35.5. The van der Waals surface area contributed by atoms with Crippen LogP contribution in [0.5, 0.6) is 0 Å². The molecule has 2 aliphatic rings. The van der Waals surface area contributed by atoms with Gasteiger partial charge in [0.1, 0.15) is 12.2 Å². The SMILES string of the molecule is O=NCC1CC(OC2CC(O)C(O)C(CO)O2)C1c1ccccc1CCCCl. The summed E-state index contributed by atoms with van der Waals surface area (Å²) in [6.45, 7) is -0.175. The minimum Gasteiger partial charge on any atom is -0.394 e. The number of hydrogen-bond acceptors (Lipinski definition) is 7. The molecule has 1 heterocycles. The van der Waals surface area contributed by atoms with E-state index in [4.69, 9.17) is 21.1 Å². The molecule has 2 fully saturated rings. The molecular weight excluding hydrogens is 386 g/mol. The van der Waals surface area contributed by atoms with Crippen LogP contribution < -0.4 is 0 Å². The van der Waals surface area contributed by atoms with Gasteiger partial charge in [0.2, 0.25) is 0 Å². The molecule has 7 unspecified atom stereocenters. The van der Waals surface area contributed by atoms with Crippen molar-refractivity contribution in [2.75, 3.05) is 19.0 Å². The topological polar surface area (TPSA) is 109 Å². The molecule has 1 aromatic rings. The largest absolute Gasteiger partial charge is 0.394 e. The lowest BCUT2D eigenvalue weighted by Crippen LogP contribution is -2.53. The van der Waals surface area contributed by atoms with Gasteiger partial charge in [-0.05, 0) is 36.3 Å². The van der Waals surface area contributed by atoms with Crippen LogP contribution >= 0.6 is 11.6 Å². The maximum absolute atomic E-state index is 10.9. The van der Waals surface area contributed by atoms with E-state index in [-0.39, 0.29) is 30.9 Å². The van der Waals surface area contributed by atoms with Crippen LogP contribution in [0.15, 0.2) is 29.4 Å². The fourth-order valence-corrected chi connectivity index (χ4v) is 4.40. The van der Waals surface area contributed by atoms with Gasteiger partial charge in [0, 0.05) is 18.2 Å². The lowest BCUT2D eigenvalue weighted by Gasteiger charge is -2.47. The van der Waals surface area contributed by atoms with Gasteiger partial charge in [-0.3, -0.25) is 0 Å². The highest BCUT2D eigenvalue weighted by molar-refractivity contribution is 6.17. The van der Waals surface area contributed by atoms with Crippen LogP contribution in [0, 0.1) is 10.8 Å². The van der Waals surface area contributed by atoms with Crippen LogP contribution in [0.4, 0.5) is 0 Å². The van der Waals surface area contributed by atoms with Gasteiger partial charge in [-0.15, -0.1) is 11.6 Å². The van der Waals surface area contributed by atoms with Crippen molar-refractivity contribution in [3.63, 3.8) is 0 Å². The van der Waals surface area contributed by atoms with Gasteiger partial charge in [-0.25, -0.2) is 0 Å². The summed E-state index contributed by atoms with van der Waals surface area (Å²) in [5.41, 5.74) is 2.32. The van der Waals surface area contributed by atoms with E-state index in [1.807, 2.05) is 12.1 Å². The molecule has 8 heteroatoms. The number of hydrogen-bond donors (Lipinski definition) is 3. The van der Waals surface area contributed by atoms with E-state index < -0.39 is 31.2 Å². The van der Waals surface area contributed by atoms with E-state index >= 15 is 0 Å². The van der Waals surface area contributed by atoms with Crippen molar-refractivity contribution >= 4 is 11.6 Å². The smallest absolute Gasteiger partial charge is 0.161 e. The Kier molecular flexibility index (Phi) is 7.79. The minimum atomic E-state index is -1.13. The first-order valence-electron chi connectivity index (χ1n) is 9.79. The third-order valence-electron chi connectivity index (χ3n) is 5.79. The third-order valence-corrected chi connectivity index (χ3v) is 6.06. The maximum atomic E-state index is 10.9. The first-order chi connectivity index (χ1) is 13.6. The van der Waals surface area contributed by atoms with E-state index in [0.29, 0.717) is 12.3 Å². The molecule has 0 spiro atoms. The lowest BCUT2D eigenvalue weighted by molar-refractivity contribution is -0.282. The number of ether oxygens (including phenoxy) is 2. The highest BCUT2D eigenvalue weighted by Gasteiger charge is 2.46. The second kappa shape index (κ2) is 10.1. The Morgan fingerprint density at radius 3 is 2.75 bits per heavy atom. The molecule has 1 saturated heterocycles. The number of nitroso groups, excluding NO2 is 1. The average Bonchev–Trinajstić information content (AvgIpc) is 2.68. The van der Waals surface area contributed by atoms with Crippen molar-refractivity contribution < 1.29 is 24.8 Å². The van der Waals surface area contributed by atoms with Crippen LogP contribution in [0.3, 0.4) is 0 Å². The van der Waals surface area contributed by atoms with Crippen LogP contribution in [0.25, 0.3) is 0 Å². The maximum Gasteiger partial charge on any atom is 0.161 e. The van der Waals surface area contributed by atoms with E-state index in [9.17, 15) is 20.2 Å². The molecule has 1 aromatic carbocycles. The average molecular weight is 414 g/mol. The van der Waals surface area contributed by atoms with E-state index in [2.05, 4.69) is 17.3 Å². The Hall–Kier alpha value is -1.09. The second-order valence-corrected chi connectivity index (χ2v) is 7.96. The first kappa shape index (κ1) is 21.6. The molecule has 7 atom stereocenters. The Morgan fingerprint density at radius 1 is 1.25 bits per heavy atom. The highest BCUT2D eigenvalue weighted by Crippen LogP contribution is 2.47. The Morgan fingerprint density at radius 2 is 2.04 bits per heavy atom. The zero-order valence-corrected chi connectivity index (χ0v) is 16.4. The molecule has 1 aliphatic heterocycles. The van der Waals surface area contributed by atoms with Crippen molar-refractivity contribution in [2.45, 2.75) is 62.3 Å². The van der Waals surface area contributed by atoms with Crippen molar-refractivity contribution in [1.82, 2.24) is 0 Å². The Labute approximate surface area is 169 Å². The zero-order valence-electron chi connectivity index (χ0n) is 15.7. The number of halogens is 1. The summed E-state index contributed by atoms with van der Waals surface area (Å²) in [7, 11) is 0. The van der Waals surface area contributed by atoms with E-state index in [0.717, 1.165) is 18.4 Å². The molecule has 1 aliphatic carbocycles. The number of alkyl halides is 1. The summed E-state index contributed by atoms with van der Waals surface area (Å²) in [6.07, 6.45) is -1.42. The lowest BCUT2D eigenvalue weighted by atomic mass is 9.66. The first-order valence-corrected chi connectivity index (χ1v) is 10.3. The Bertz CT molecular complexity index is 647. The number of aryl methyl sites for hydroxylation is 1. The monoisotopic (exact) mass is 413 g/mol. The molecule has 0 aromatic heterocycles. The van der Waals surface area contributed by atoms with Crippen molar-refractivity contribution in [3.8, 4) is 0 Å². The Balaban J connectivity index is 1.74. The minimum absolute atomic E-state index is 0.00407. The number of rotatable bonds is 9. The van der Waals surface area contributed by atoms with Crippen molar-refractivity contribution in [1.29, 1.82) is 0 Å². The van der Waals surface area contributed by atoms with Crippen LogP contribution in [-0.2, 0) is 15.9 Å². The summed E-state index contributed by atoms with van der Waals surface area (Å²) < 4.78 is 11.7. The standard InChI is InChI=1S/C20H28ClNO6/c21-7-3-5-12-4-1-2-6-14(12)19-13(10-22-26)8-16(19)27-18-9-15(24)20(25)17(11-23)28-18/h1-2,4,6,13,15-20,23-25H,3,5,7-11H2. The van der Waals surface area contributed by atoms with Crippen LogP contribution in [0.1, 0.15) is 36.3 Å². The van der Waals surface area contributed by atoms with Gasteiger partial charge in [0.05, 0.1) is 25.4 Å². The van der Waals surface area contributed by atoms with Crippen LogP contribution in [0.2, 0.25) is 0 Å². The zero-order chi connectivity index (χ0) is 20.1. The van der Waals surface area contributed by atoms with Gasteiger partial charge < -0.3 is 24.8 Å². The molecular formula is C20H28ClNO6. The molecule has 0 radical (unpaired) electrons. The second-order valence-electron chi connectivity index (χ2n) is 7.58. The van der Waals surface area contributed by atoms with Gasteiger partial charge in [0.15, 0.2) is 6.29 Å². The molecule has 156 valence electrons. The van der Waals surface area contributed by atoms with Gasteiger partial charge in [-0.1, -0.05) is 29.4 Å². The molecule has 0 bridgehead atoms. The summed E-state index contributed by atoms with van der Waals surface area (Å²) in [6, 6.07) is 8.09. The quantitative estimate of drug-likeness (QED) is 0.421. The molecule has 0 amide bonds.